The molecule has 1 heterocycles. The molecule has 0 saturated heterocycles. The number of hydrogen-bond acceptors (Lipinski definition) is 6. The van der Waals surface area contributed by atoms with E-state index in [0.29, 0.717) is 17.1 Å². The lowest BCUT2D eigenvalue weighted by Crippen LogP contribution is -2.29. The average molecular weight is 373 g/mol. The summed E-state index contributed by atoms with van der Waals surface area (Å²) >= 11 is 0. The van der Waals surface area contributed by atoms with Crippen LogP contribution < -0.4 is 9.42 Å². The standard InChI is InChI=1S/C16H12N3O6P/c20-15-9-10-16(21)19(15)13-5-1-11(2-6-13)17-18-12-3-7-14(8-4-12)25-26(22,23)24/h1-10H,(H2,22,23,24). The van der Waals surface area contributed by atoms with E-state index in [0.717, 1.165) is 4.90 Å². The van der Waals surface area contributed by atoms with Crippen LogP contribution in [0.4, 0.5) is 17.1 Å². The number of rotatable bonds is 5. The molecule has 0 unspecified atom stereocenters. The summed E-state index contributed by atoms with van der Waals surface area (Å²) in [6.45, 7) is 0. The molecule has 10 heteroatoms. The summed E-state index contributed by atoms with van der Waals surface area (Å²) in [5, 5.41) is 8.00. The predicted molar refractivity (Wildman–Crippen MR) is 91.4 cm³/mol. The van der Waals surface area contributed by atoms with E-state index in [1.165, 1.54) is 36.4 Å². The summed E-state index contributed by atoms with van der Waals surface area (Å²) < 4.78 is 15.2. The largest absolute Gasteiger partial charge is 0.524 e. The molecule has 0 fully saturated rings. The molecule has 0 spiro atoms. The smallest absolute Gasteiger partial charge is 0.404 e. The van der Waals surface area contributed by atoms with Crippen molar-refractivity contribution in [2.24, 2.45) is 10.2 Å². The second-order valence-corrected chi connectivity index (χ2v) is 6.30. The van der Waals surface area contributed by atoms with Crippen LogP contribution in [0.3, 0.4) is 0 Å². The Bertz CT molecular complexity index is 929. The van der Waals surface area contributed by atoms with Gasteiger partial charge in [-0.1, -0.05) is 0 Å². The summed E-state index contributed by atoms with van der Waals surface area (Å²) in [4.78, 5) is 41.7. The number of hydrogen-bond donors (Lipinski definition) is 2. The normalized spacial score (nSPS) is 14.5. The Labute approximate surface area is 147 Å². The first-order chi connectivity index (χ1) is 12.3. The number of nitrogens with zero attached hydrogens (tertiary/aromatic N) is 3. The highest BCUT2D eigenvalue weighted by atomic mass is 31.2. The molecule has 1 aliphatic heterocycles. The van der Waals surface area contributed by atoms with Gasteiger partial charge in [0.25, 0.3) is 11.8 Å². The van der Waals surface area contributed by atoms with Crippen molar-refractivity contribution in [1.82, 2.24) is 0 Å². The summed E-state index contributed by atoms with van der Waals surface area (Å²) in [7, 11) is -4.60. The number of benzene rings is 2. The second-order valence-electron chi connectivity index (χ2n) is 5.14. The lowest BCUT2D eigenvalue weighted by molar-refractivity contribution is -0.119. The van der Waals surface area contributed by atoms with Gasteiger partial charge in [0.05, 0.1) is 17.1 Å². The molecule has 0 aromatic heterocycles. The van der Waals surface area contributed by atoms with Gasteiger partial charge in [0.1, 0.15) is 5.75 Å². The Morgan fingerprint density at radius 1 is 0.808 bits per heavy atom. The van der Waals surface area contributed by atoms with Gasteiger partial charge in [-0.2, -0.15) is 10.2 Å². The third kappa shape index (κ3) is 4.28. The third-order valence-electron chi connectivity index (χ3n) is 3.26. The van der Waals surface area contributed by atoms with E-state index in [9.17, 15) is 14.2 Å². The molecule has 0 atom stereocenters. The Hall–Kier alpha value is -3.13. The van der Waals surface area contributed by atoms with Crippen LogP contribution in [0.1, 0.15) is 0 Å². The van der Waals surface area contributed by atoms with Crippen molar-refractivity contribution in [3.63, 3.8) is 0 Å². The van der Waals surface area contributed by atoms with E-state index in [-0.39, 0.29) is 5.75 Å². The molecule has 0 saturated carbocycles. The molecule has 2 aromatic rings. The lowest BCUT2D eigenvalue weighted by Gasteiger charge is -2.13. The van der Waals surface area contributed by atoms with Crippen molar-refractivity contribution in [2.45, 2.75) is 0 Å². The number of imide groups is 1. The first-order valence-corrected chi connectivity index (χ1v) is 8.78. The van der Waals surface area contributed by atoms with Crippen molar-refractivity contribution in [2.75, 3.05) is 4.90 Å². The van der Waals surface area contributed by atoms with E-state index in [1.54, 1.807) is 24.3 Å². The number of carbonyl (C=O) groups is 2. The van der Waals surface area contributed by atoms with Gasteiger partial charge in [0.2, 0.25) is 0 Å². The number of anilines is 1. The topological polar surface area (TPSA) is 129 Å². The maximum absolute atomic E-state index is 11.6. The fourth-order valence-electron chi connectivity index (χ4n) is 2.15. The zero-order chi connectivity index (χ0) is 18.7. The molecule has 26 heavy (non-hydrogen) atoms. The molecule has 3 rings (SSSR count). The van der Waals surface area contributed by atoms with Gasteiger partial charge in [0, 0.05) is 12.2 Å². The number of azo groups is 1. The minimum atomic E-state index is -4.60. The summed E-state index contributed by atoms with van der Waals surface area (Å²) in [5.74, 6) is -0.792. The summed E-state index contributed by atoms with van der Waals surface area (Å²) in [5.41, 5.74) is 1.38. The van der Waals surface area contributed by atoms with Crippen LogP contribution in [0.15, 0.2) is 70.9 Å². The quantitative estimate of drug-likeness (QED) is 0.471. The van der Waals surface area contributed by atoms with E-state index in [2.05, 4.69) is 14.8 Å². The Balaban J connectivity index is 1.68. The van der Waals surface area contributed by atoms with Gasteiger partial charge in [-0.05, 0) is 48.5 Å². The SMILES string of the molecule is O=C1C=CC(=O)N1c1ccc(N=Nc2ccc(OP(=O)(O)O)cc2)cc1. The van der Waals surface area contributed by atoms with Crippen molar-refractivity contribution in [3.8, 4) is 5.75 Å². The molecule has 2 N–H and O–H groups in total. The molecule has 0 radical (unpaired) electrons. The molecule has 9 nitrogen and oxygen atoms in total. The Morgan fingerprint density at radius 3 is 1.73 bits per heavy atom. The van der Waals surface area contributed by atoms with Crippen LogP contribution >= 0.6 is 7.82 Å². The van der Waals surface area contributed by atoms with Gasteiger partial charge in [-0.3, -0.25) is 19.4 Å². The van der Waals surface area contributed by atoms with Gasteiger partial charge < -0.3 is 4.52 Å². The van der Waals surface area contributed by atoms with Crippen LogP contribution in [0.5, 0.6) is 5.75 Å². The number of carbonyl (C=O) groups excluding carboxylic acids is 2. The zero-order valence-electron chi connectivity index (χ0n) is 13.1. The lowest BCUT2D eigenvalue weighted by atomic mass is 10.2. The first kappa shape index (κ1) is 17.7. The highest BCUT2D eigenvalue weighted by Gasteiger charge is 2.24. The Morgan fingerprint density at radius 2 is 1.27 bits per heavy atom. The second kappa shape index (κ2) is 7.01. The van der Waals surface area contributed by atoms with Crippen LogP contribution in [-0.4, -0.2) is 21.6 Å². The van der Waals surface area contributed by atoms with Gasteiger partial charge >= 0.3 is 7.82 Å². The molecule has 1 aliphatic rings. The first-order valence-electron chi connectivity index (χ1n) is 7.25. The van der Waals surface area contributed by atoms with Gasteiger partial charge in [-0.15, -0.1) is 0 Å². The maximum Gasteiger partial charge on any atom is 0.524 e. The molecule has 0 aliphatic carbocycles. The fraction of sp³-hybridized carbons (Fsp3) is 0. The molecule has 0 bridgehead atoms. The van der Waals surface area contributed by atoms with Crippen LogP contribution in [0.25, 0.3) is 0 Å². The van der Waals surface area contributed by atoms with E-state index >= 15 is 0 Å². The van der Waals surface area contributed by atoms with Gasteiger partial charge in [-0.25, -0.2) is 9.46 Å². The molecular formula is C16H12N3O6P. The summed E-state index contributed by atoms with van der Waals surface area (Å²) in [6, 6.07) is 12.0. The van der Waals surface area contributed by atoms with E-state index in [1.807, 2.05) is 0 Å². The van der Waals surface area contributed by atoms with E-state index < -0.39 is 19.6 Å². The van der Waals surface area contributed by atoms with Crippen LogP contribution in [-0.2, 0) is 14.2 Å². The number of amides is 2. The third-order valence-corrected chi connectivity index (χ3v) is 3.71. The Kier molecular flexibility index (Phi) is 4.77. The maximum atomic E-state index is 11.6. The monoisotopic (exact) mass is 373 g/mol. The summed E-state index contributed by atoms with van der Waals surface area (Å²) in [6.07, 6.45) is 2.41. The average Bonchev–Trinajstić information content (AvgIpc) is 2.92. The number of phosphoric acid groups is 1. The van der Waals surface area contributed by atoms with Crippen LogP contribution in [0.2, 0.25) is 0 Å². The fourth-order valence-corrected chi connectivity index (χ4v) is 2.55. The minimum absolute atomic E-state index is 0.00944. The zero-order valence-corrected chi connectivity index (χ0v) is 14.0. The molecule has 2 aromatic carbocycles. The molecular weight excluding hydrogens is 361 g/mol. The van der Waals surface area contributed by atoms with Crippen molar-refractivity contribution < 1.29 is 28.5 Å². The van der Waals surface area contributed by atoms with Crippen molar-refractivity contribution >= 4 is 36.7 Å². The van der Waals surface area contributed by atoms with Crippen molar-refractivity contribution in [3.05, 3.63) is 60.7 Å². The van der Waals surface area contributed by atoms with E-state index in [4.69, 9.17) is 9.79 Å². The minimum Gasteiger partial charge on any atom is -0.404 e. The predicted octanol–water partition coefficient (Wildman–Crippen LogP) is 3.00. The highest BCUT2D eigenvalue weighted by molar-refractivity contribution is 7.46. The molecule has 132 valence electrons. The highest BCUT2D eigenvalue weighted by Crippen LogP contribution is 2.38. The number of phosphoric ester groups is 1. The molecule has 2 amide bonds. The van der Waals surface area contributed by atoms with Crippen molar-refractivity contribution in [1.29, 1.82) is 0 Å². The van der Waals surface area contributed by atoms with Gasteiger partial charge in [0.15, 0.2) is 0 Å². The van der Waals surface area contributed by atoms with Crippen LogP contribution in [0, 0.1) is 0 Å².